The molecule has 25 heavy (non-hydrogen) atoms. The van der Waals surface area contributed by atoms with E-state index in [-0.39, 0.29) is 24.4 Å². The molecular formula is C17H21N3O4S. The van der Waals surface area contributed by atoms with Gasteiger partial charge >= 0.3 is 0 Å². The highest BCUT2D eigenvalue weighted by Crippen LogP contribution is 2.19. The first kappa shape index (κ1) is 17.8. The Morgan fingerprint density at radius 2 is 2.16 bits per heavy atom. The summed E-state index contributed by atoms with van der Waals surface area (Å²) in [5.74, 6) is 1.45. The monoisotopic (exact) mass is 363 g/mol. The van der Waals surface area contributed by atoms with Crippen molar-refractivity contribution in [3.8, 4) is 5.75 Å². The molecule has 0 radical (unpaired) electrons. The van der Waals surface area contributed by atoms with Gasteiger partial charge in [-0.05, 0) is 26.0 Å². The zero-order valence-electron chi connectivity index (χ0n) is 14.3. The zero-order chi connectivity index (χ0) is 17.6. The number of hydrogen-bond donors (Lipinski definition) is 0. The molecule has 1 aliphatic rings. The summed E-state index contributed by atoms with van der Waals surface area (Å²) in [6, 6.07) is 7.73. The topological polar surface area (TPSA) is 77.7 Å². The Bertz CT molecular complexity index is 704. The molecule has 1 unspecified atom stereocenters. The number of benzene rings is 1. The van der Waals surface area contributed by atoms with Crippen LogP contribution in [-0.4, -0.2) is 52.6 Å². The first-order valence-electron chi connectivity index (χ1n) is 8.14. The van der Waals surface area contributed by atoms with E-state index in [1.807, 2.05) is 38.1 Å². The van der Waals surface area contributed by atoms with Crippen molar-refractivity contribution in [2.45, 2.75) is 31.8 Å². The number of nitrogens with zero attached hydrogens (tertiary/aromatic N) is 3. The van der Waals surface area contributed by atoms with Crippen LogP contribution in [0.2, 0.25) is 0 Å². The average Bonchev–Trinajstić information content (AvgIpc) is 3.07. The van der Waals surface area contributed by atoms with Crippen molar-refractivity contribution in [1.29, 1.82) is 0 Å². The lowest BCUT2D eigenvalue weighted by atomic mass is 10.2. The fraction of sp³-hybridized carbons (Fsp3) is 0.471. The zero-order valence-corrected chi connectivity index (χ0v) is 15.1. The van der Waals surface area contributed by atoms with Crippen molar-refractivity contribution in [1.82, 2.24) is 15.1 Å². The fourth-order valence-electron chi connectivity index (χ4n) is 2.39. The molecule has 1 saturated heterocycles. The number of amides is 1. The molecule has 3 rings (SSSR count). The van der Waals surface area contributed by atoms with Crippen LogP contribution in [0, 0.1) is 6.92 Å². The molecule has 0 N–H and O–H groups in total. The third-order valence-corrected chi connectivity index (χ3v) is 4.55. The van der Waals surface area contributed by atoms with Crippen LogP contribution in [0.5, 0.6) is 5.75 Å². The van der Waals surface area contributed by atoms with Gasteiger partial charge in [-0.1, -0.05) is 29.5 Å². The highest BCUT2D eigenvalue weighted by molar-refractivity contribution is 7.99. The van der Waals surface area contributed by atoms with E-state index >= 15 is 0 Å². The summed E-state index contributed by atoms with van der Waals surface area (Å²) < 4.78 is 16.5. The van der Waals surface area contributed by atoms with Gasteiger partial charge < -0.3 is 18.8 Å². The Morgan fingerprint density at radius 3 is 2.92 bits per heavy atom. The normalized spacial score (nSPS) is 17.5. The van der Waals surface area contributed by atoms with Crippen molar-refractivity contribution in [3.63, 3.8) is 0 Å². The summed E-state index contributed by atoms with van der Waals surface area (Å²) in [6.07, 6.45) is 0.0802. The Balaban J connectivity index is 1.45. The van der Waals surface area contributed by atoms with Crippen molar-refractivity contribution < 1.29 is 18.7 Å². The van der Waals surface area contributed by atoms with Crippen LogP contribution in [0.15, 0.2) is 33.9 Å². The molecule has 0 bridgehead atoms. The molecule has 7 nitrogen and oxygen atoms in total. The number of carbonyl (C=O) groups is 1. The summed E-state index contributed by atoms with van der Waals surface area (Å²) in [4.78, 5) is 14.0. The quantitative estimate of drug-likeness (QED) is 0.729. The Hall–Kier alpha value is -2.06. The maximum Gasteiger partial charge on any atom is 0.277 e. The van der Waals surface area contributed by atoms with Crippen LogP contribution >= 0.6 is 11.8 Å². The maximum atomic E-state index is 12.2. The molecule has 2 heterocycles. The van der Waals surface area contributed by atoms with Gasteiger partial charge in [0.15, 0.2) is 6.61 Å². The van der Waals surface area contributed by atoms with E-state index in [2.05, 4.69) is 10.2 Å². The summed E-state index contributed by atoms with van der Waals surface area (Å²) in [5, 5.41) is 8.26. The number of rotatable bonds is 6. The summed E-state index contributed by atoms with van der Waals surface area (Å²) in [7, 11) is 0. The molecular weight excluding hydrogens is 342 g/mol. The minimum atomic E-state index is 0.0517. The molecule has 2 aromatic rings. The van der Waals surface area contributed by atoms with Crippen LogP contribution in [0.4, 0.5) is 0 Å². The second kappa shape index (κ2) is 8.35. The lowest BCUT2D eigenvalue weighted by Crippen LogP contribution is -2.45. The van der Waals surface area contributed by atoms with Crippen LogP contribution in [0.25, 0.3) is 0 Å². The first-order chi connectivity index (χ1) is 12.1. The summed E-state index contributed by atoms with van der Waals surface area (Å²) >= 11 is 1.24. The largest absolute Gasteiger partial charge is 0.484 e. The average molecular weight is 363 g/mol. The van der Waals surface area contributed by atoms with E-state index in [1.54, 1.807) is 4.90 Å². The molecule has 0 aliphatic carbocycles. The standard InChI is InChI=1S/C17H21N3O4S/c1-12-3-5-14(6-4-12)23-10-15-18-19-17(24-15)25-11-16(21)20-7-8-22-13(2)9-20/h3-6,13H,7-11H2,1-2H3. The highest BCUT2D eigenvalue weighted by atomic mass is 32.2. The van der Waals surface area contributed by atoms with Crippen molar-refractivity contribution >= 4 is 17.7 Å². The van der Waals surface area contributed by atoms with Crippen LogP contribution in [-0.2, 0) is 16.1 Å². The maximum absolute atomic E-state index is 12.2. The van der Waals surface area contributed by atoms with Gasteiger partial charge in [-0.2, -0.15) is 0 Å². The molecule has 1 atom stereocenters. The van der Waals surface area contributed by atoms with E-state index in [0.717, 1.165) is 5.75 Å². The predicted molar refractivity (Wildman–Crippen MR) is 92.5 cm³/mol. The second-order valence-corrected chi connectivity index (χ2v) is 6.80. The number of carbonyl (C=O) groups excluding carboxylic acids is 1. The van der Waals surface area contributed by atoms with Crippen LogP contribution in [0.3, 0.4) is 0 Å². The van der Waals surface area contributed by atoms with Crippen molar-refractivity contribution in [2.75, 3.05) is 25.4 Å². The van der Waals surface area contributed by atoms with Gasteiger partial charge in [0.25, 0.3) is 11.1 Å². The predicted octanol–water partition coefficient (Wildman–Crippen LogP) is 2.30. The minimum Gasteiger partial charge on any atom is -0.484 e. The van der Waals surface area contributed by atoms with Gasteiger partial charge in [-0.15, -0.1) is 10.2 Å². The van der Waals surface area contributed by atoms with E-state index in [9.17, 15) is 4.79 Å². The third kappa shape index (κ3) is 5.20. The van der Waals surface area contributed by atoms with Crippen LogP contribution < -0.4 is 4.74 Å². The van der Waals surface area contributed by atoms with Gasteiger partial charge in [0.1, 0.15) is 5.75 Å². The summed E-state index contributed by atoms with van der Waals surface area (Å²) in [5.41, 5.74) is 1.17. The molecule has 134 valence electrons. The SMILES string of the molecule is Cc1ccc(OCc2nnc(SCC(=O)N3CCOC(C)C3)o2)cc1. The van der Waals surface area contributed by atoms with Gasteiger partial charge in [-0.25, -0.2) is 0 Å². The second-order valence-electron chi connectivity index (χ2n) is 5.87. The lowest BCUT2D eigenvalue weighted by molar-refractivity contribution is -0.135. The van der Waals surface area contributed by atoms with Gasteiger partial charge in [-0.3, -0.25) is 4.79 Å². The molecule has 0 saturated carbocycles. The number of thioether (sulfide) groups is 1. The molecule has 0 spiro atoms. The minimum absolute atomic E-state index is 0.0517. The van der Waals surface area contributed by atoms with E-state index in [4.69, 9.17) is 13.9 Å². The van der Waals surface area contributed by atoms with E-state index in [0.29, 0.717) is 30.8 Å². The first-order valence-corrected chi connectivity index (χ1v) is 9.13. The van der Waals surface area contributed by atoms with Gasteiger partial charge in [0, 0.05) is 13.1 Å². The van der Waals surface area contributed by atoms with Crippen molar-refractivity contribution in [2.24, 2.45) is 0 Å². The van der Waals surface area contributed by atoms with Crippen LogP contribution in [0.1, 0.15) is 18.4 Å². The molecule has 8 heteroatoms. The number of hydrogen-bond acceptors (Lipinski definition) is 7. The van der Waals surface area contributed by atoms with Gasteiger partial charge in [0.05, 0.1) is 18.5 Å². The third-order valence-electron chi connectivity index (χ3n) is 3.74. The Labute approximate surface area is 150 Å². The van der Waals surface area contributed by atoms with E-state index in [1.165, 1.54) is 17.3 Å². The molecule has 1 fully saturated rings. The number of morpholine rings is 1. The summed E-state index contributed by atoms with van der Waals surface area (Å²) in [6.45, 7) is 6.02. The number of aryl methyl sites for hydroxylation is 1. The Kier molecular flexibility index (Phi) is 5.93. The molecule has 1 amide bonds. The molecule has 1 aliphatic heterocycles. The Morgan fingerprint density at radius 1 is 1.36 bits per heavy atom. The highest BCUT2D eigenvalue weighted by Gasteiger charge is 2.22. The molecule has 1 aromatic carbocycles. The molecule has 1 aromatic heterocycles. The van der Waals surface area contributed by atoms with Gasteiger partial charge in [0.2, 0.25) is 5.91 Å². The number of aromatic nitrogens is 2. The lowest BCUT2D eigenvalue weighted by Gasteiger charge is -2.30. The fourth-order valence-corrected chi connectivity index (χ4v) is 3.08. The smallest absolute Gasteiger partial charge is 0.277 e. The van der Waals surface area contributed by atoms with Crippen molar-refractivity contribution in [3.05, 3.63) is 35.7 Å². The van der Waals surface area contributed by atoms with E-state index < -0.39 is 0 Å². The number of ether oxygens (including phenoxy) is 2.